The van der Waals surface area contributed by atoms with Crippen molar-refractivity contribution in [2.75, 3.05) is 0 Å². The first-order valence-electron chi connectivity index (χ1n) is 3.92. The third-order valence-electron chi connectivity index (χ3n) is 2.37. The first-order chi connectivity index (χ1) is 5.72. The van der Waals surface area contributed by atoms with Crippen molar-refractivity contribution in [2.24, 2.45) is 5.73 Å². The normalized spacial score (nSPS) is 30.8. The van der Waals surface area contributed by atoms with Gasteiger partial charge in [-0.25, -0.2) is 0 Å². The molecule has 4 heteroatoms. The standard InChI is InChI=1S/C9H11NO2.ClH/c10-7-5-3-1-2-4-6(5)8(11)9(7)12;/h1-4,7-9,11-12H,10H2;1H/t7-,8?,9+;/m1./s1. The molecule has 72 valence electrons. The van der Waals surface area contributed by atoms with E-state index in [4.69, 9.17) is 5.73 Å². The number of aliphatic hydroxyl groups is 2. The Morgan fingerprint density at radius 2 is 1.62 bits per heavy atom. The monoisotopic (exact) mass is 201 g/mol. The SMILES string of the molecule is Cl.N[C@@H]1c2ccccc2C(O)[C@H]1O. The smallest absolute Gasteiger partial charge is 0.107 e. The van der Waals surface area contributed by atoms with Crippen LogP contribution in [0.15, 0.2) is 24.3 Å². The largest absolute Gasteiger partial charge is 0.388 e. The minimum Gasteiger partial charge on any atom is -0.388 e. The van der Waals surface area contributed by atoms with Crippen molar-refractivity contribution < 1.29 is 10.2 Å². The van der Waals surface area contributed by atoms with Crippen LogP contribution in [-0.4, -0.2) is 16.3 Å². The van der Waals surface area contributed by atoms with Crippen molar-refractivity contribution >= 4 is 12.4 Å². The molecular weight excluding hydrogens is 190 g/mol. The van der Waals surface area contributed by atoms with E-state index < -0.39 is 18.2 Å². The molecule has 1 aromatic rings. The second-order valence-corrected chi connectivity index (χ2v) is 3.09. The molecule has 13 heavy (non-hydrogen) atoms. The fraction of sp³-hybridized carbons (Fsp3) is 0.333. The Kier molecular flexibility index (Phi) is 2.93. The van der Waals surface area contributed by atoms with Crippen LogP contribution < -0.4 is 5.73 Å². The molecule has 1 unspecified atom stereocenters. The molecule has 4 N–H and O–H groups in total. The predicted molar refractivity (Wildman–Crippen MR) is 51.6 cm³/mol. The first kappa shape index (κ1) is 10.5. The third kappa shape index (κ3) is 1.44. The zero-order valence-electron chi connectivity index (χ0n) is 6.92. The maximum absolute atomic E-state index is 9.49. The predicted octanol–water partition coefficient (Wildman–Crippen LogP) is 0.516. The summed E-state index contributed by atoms with van der Waals surface area (Å²) in [6.45, 7) is 0. The molecule has 3 atom stereocenters. The van der Waals surface area contributed by atoms with Crippen molar-refractivity contribution in [2.45, 2.75) is 18.2 Å². The molecule has 1 aliphatic carbocycles. The van der Waals surface area contributed by atoms with Crippen LogP contribution in [-0.2, 0) is 0 Å². The Morgan fingerprint density at radius 1 is 1.08 bits per heavy atom. The van der Waals surface area contributed by atoms with Crippen LogP contribution in [0, 0.1) is 0 Å². The zero-order chi connectivity index (χ0) is 8.72. The van der Waals surface area contributed by atoms with Crippen LogP contribution in [0.5, 0.6) is 0 Å². The lowest BCUT2D eigenvalue weighted by molar-refractivity contribution is 0.0181. The summed E-state index contributed by atoms with van der Waals surface area (Å²) in [6, 6.07) is 6.85. The Labute approximate surface area is 82.6 Å². The number of hydrogen-bond acceptors (Lipinski definition) is 3. The summed E-state index contributed by atoms with van der Waals surface area (Å²) >= 11 is 0. The molecule has 2 rings (SSSR count). The van der Waals surface area contributed by atoms with Gasteiger partial charge in [-0.1, -0.05) is 24.3 Å². The van der Waals surface area contributed by atoms with Gasteiger partial charge in [-0.2, -0.15) is 0 Å². The van der Waals surface area contributed by atoms with Crippen LogP contribution in [0.2, 0.25) is 0 Å². The summed E-state index contributed by atoms with van der Waals surface area (Å²) in [5.41, 5.74) is 7.26. The molecule has 0 radical (unpaired) electrons. The number of nitrogens with two attached hydrogens (primary N) is 1. The van der Waals surface area contributed by atoms with Crippen molar-refractivity contribution in [1.29, 1.82) is 0 Å². The van der Waals surface area contributed by atoms with Gasteiger partial charge in [0.25, 0.3) is 0 Å². The fourth-order valence-corrected chi connectivity index (χ4v) is 1.65. The minimum absolute atomic E-state index is 0. The van der Waals surface area contributed by atoms with Gasteiger partial charge in [-0.3, -0.25) is 0 Å². The number of halogens is 1. The van der Waals surface area contributed by atoms with Gasteiger partial charge in [0.05, 0.1) is 6.04 Å². The molecule has 0 heterocycles. The van der Waals surface area contributed by atoms with Crippen molar-refractivity contribution in [3.8, 4) is 0 Å². The number of hydrogen-bond donors (Lipinski definition) is 3. The molecule has 0 spiro atoms. The highest BCUT2D eigenvalue weighted by molar-refractivity contribution is 5.85. The molecule has 0 aliphatic heterocycles. The van der Waals surface area contributed by atoms with Crippen molar-refractivity contribution in [3.05, 3.63) is 35.4 Å². The molecule has 0 amide bonds. The van der Waals surface area contributed by atoms with E-state index in [-0.39, 0.29) is 12.4 Å². The van der Waals surface area contributed by atoms with Crippen molar-refractivity contribution in [1.82, 2.24) is 0 Å². The Balaban J connectivity index is 0.000000845. The van der Waals surface area contributed by atoms with Gasteiger partial charge in [-0.15, -0.1) is 12.4 Å². The summed E-state index contributed by atoms with van der Waals surface area (Å²) in [6.07, 6.45) is -1.68. The highest BCUT2D eigenvalue weighted by Gasteiger charge is 2.35. The molecule has 0 bridgehead atoms. The average Bonchev–Trinajstić information content (AvgIpc) is 2.33. The minimum atomic E-state index is -0.859. The van der Waals surface area contributed by atoms with E-state index in [2.05, 4.69) is 0 Å². The van der Waals surface area contributed by atoms with E-state index in [1.54, 1.807) is 6.07 Å². The Morgan fingerprint density at radius 3 is 2.15 bits per heavy atom. The third-order valence-corrected chi connectivity index (χ3v) is 2.37. The van der Waals surface area contributed by atoms with E-state index in [1.165, 1.54) is 0 Å². The number of aliphatic hydroxyl groups excluding tert-OH is 2. The van der Waals surface area contributed by atoms with E-state index in [1.807, 2.05) is 18.2 Å². The maximum atomic E-state index is 9.49. The van der Waals surface area contributed by atoms with Gasteiger partial charge < -0.3 is 15.9 Å². The van der Waals surface area contributed by atoms with Crippen LogP contribution in [0.25, 0.3) is 0 Å². The van der Waals surface area contributed by atoms with Gasteiger partial charge in [0.2, 0.25) is 0 Å². The van der Waals surface area contributed by atoms with Crippen LogP contribution in [0.4, 0.5) is 0 Å². The Hall–Kier alpha value is -0.610. The molecular formula is C9H12ClNO2. The number of benzene rings is 1. The van der Waals surface area contributed by atoms with Crippen LogP contribution in [0.3, 0.4) is 0 Å². The maximum Gasteiger partial charge on any atom is 0.107 e. The van der Waals surface area contributed by atoms with E-state index in [9.17, 15) is 10.2 Å². The van der Waals surface area contributed by atoms with Crippen LogP contribution >= 0.6 is 12.4 Å². The van der Waals surface area contributed by atoms with E-state index in [0.717, 1.165) is 11.1 Å². The molecule has 1 aliphatic rings. The molecule has 0 saturated heterocycles. The summed E-state index contributed by atoms with van der Waals surface area (Å²) in [4.78, 5) is 0. The highest BCUT2D eigenvalue weighted by Crippen LogP contribution is 2.36. The lowest BCUT2D eigenvalue weighted by Gasteiger charge is -2.11. The van der Waals surface area contributed by atoms with Gasteiger partial charge in [-0.05, 0) is 11.1 Å². The molecule has 1 aromatic carbocycles. The first-order valence-corrected chi connectivity index (χ1v) is 3.92. The number of fused-ring (bicyclic) bond motifs is 1. The summed E-state index contributed by atoms with van der Waals surface area (Å²) in [5.74, 6) is 0. The second kappa shape index (κ2) is 3.64. The quantitative estimate of drug-likeness (QED) is 0.573. The van der Waals surface area contributed by atoms with Gasteiger partial charge in [0.1, 0.15) is 12.2 Å². The topological polar surface area (TPSA) is 66.5 Å². The lowest BCUT2D eigenvalue weighted by atomic mass is 10.1. The summed E-state index contributed by atoms with van der Waals surface area (Å²) < 4.78 is 0. The zero-order valence-corrected chi connectivity index (χ0v) is 7.74. The highest BCUT2D eigenvalue weighted by atomic mass is 35.5. The van der Waals surface area contributed by atoms with E-state index in [0.29, 0.717) is 0 Å². The molecule has 0 fully saturated rings. The molecule has 0 aromatic heterocycles. The van der Waals surface area contributed by atoms with E-state index >= 15 is 0 Å². The Bertz CT molecular complexity index is 276. The van der Waals surface area contributed by atoms with Gasteiger partial charge >= 0.3 is 0 Å². The van der Waals surface area contributed by atoms with Crippen molar-refractivity contribution in [3.63, 3.8) is 0 Å². The van der Waals surface area contributed by atoms with Crippen LogP contribution in [0.1, 0.15) is 23.3 Å². The average molecular weight is 202 g/mol. The molecule has 3 nitrogen and oxygen atoms in total. The molecule has 0 saturated carbocycles. The summed E-state index contributed by atoms with van der Waals surface area (Å²) in [5, 5.41) is 18.9. The lowest BCUT2D eigenvalue weighted by Crippen LogP contribution is -2.24. The second-order valence-electron chi connectivity index (χ2n) is 3.09. The summed E-state index contributed by atoms with van der Waals surface area (Å²) in [7, 11) is 0. The fourth-order valence-electron chi connectivity index (χ4n) is 1.65. The van der Waals surface area contributed by atoms with Gasteiger partial charge in [0, 0.05) is 0 Å². The van der Waals surface area contributed by atoms with Gasteiger partial charge in [0.15, 0.2) is 0 Å². The number of rotatable bonds is 0.